The Balaban J connectivity index is 1.93. The molecule has 4 heteroatoms. The summed E-state index contributed by atoms with van der Waals surface area (Å²) >= 11 is 0. The lowest BCUT2D eigenvalue weighted by atomic mass is 10.1. The van der Waals surface area contributed by atoms with Crippen LogP contribution >= 0.6 is 0 Å². The van der Waals surface area contributed by atoms with E-state index < -0.39 is 0 Å². The van der Waals surface area contributed by atoms with Gasteiger partial charge in [0.15, 0.2) is 0 Å². The van der Waals surface area contributed by atoms with Crippen LogP contribution in [-0.4, -0.2) is 9.55 Å². The van der Waals surface area contributed by atoms with E-state index in [4.69, 9.17) is 5.73 Å². The van der Waals surface area contributed by atoms with E-state index in [0.29, 0.717) is 6.42 Å². The first-order valence-electron chi connectivity index (χ1n) is 7.14. The zero-order chi connectivity index (χ0) is 14.8. The number of hydrogen-bond acceptors (Lipinski definition) is 2. The van der Waals surface area contributed by atoms with E-state index in [1.807, 2.05) is 18.2 Å². The lowest BCUT2D eigenvalue weighted by Crippen LogP contribution is -2.18. The molecule has 0 radical (unpaired) electrons. The molecule has 0 aliphatic carbocycles. The topological polar surface area (TPSA) is 43.8 Å². The summed E-state index contributed by atoms with van der Waals surface area (Å²) in [5.74, 6) is 0.649. The zero-order valence-corrected chi connectivity index (χ0v) is 12.0. The van der Waals surface area contributed by atoms with E-state index in [-0.39, 0.29) is 11.9 Å². The molecule has 3 rings (SSSR count). The van der Waals surface area contributed by atoms with Crippen LogP contribution in [0.1, 0.15) is 24.4 Å². The van der Waals surface area contributed by atoms with Gasteiger partial charge in [-0.15, -0.1) is 0 Å². The molecule has 21 heavy (non-hydrogen) atoms. The van der Waals surface area contributed by atoms with Crippen molar-refractivity contribution in [1.82, 2.24) is 9.55 Å². The number of nitrogens with zero attached hydrogens (tertiary/aromatic N) is 2. The van der Waals surface area contributed by atoms with Gasteiger partial charge in [-0.1, -0.05) is 24.3 Å². The summed E-state index contributed by atoms with van der Waals surface area (Å²) in [4.78, 5) is 4.66. The first kappa shape index (κ1) is 13.8. The fourth-order valence-corrected chi connectivity index (χ4v) is 2.68. The minimum Gasteiger partial charge on any atom is -0.327 e. The number of imidazole rings is 1. The maximum absolute atomic E-state index is 13.0. The molecule has 1 aromatic heterocycles. The number of rotatable bonds is 4. The van der Waals surface area contributed by atoms with Crippen LogP contribution in [0.3, 0.4) is 0 Å². The van der Waals surface area contributed by atoms with Gasteiger partial charge < -0.3 is 10.3 Å². The maximum atomic E-state index is 13.0. The van der Waals surface area contributed by atoms with Crippen molar-refractivity contribution < 1.29 is 4.39 Å². The van der Waals surface area contributed by atoms with E-state index in [1.54, 1.807) is 12.1 Å². The van der Waals surface area contributed by atoms with Gasteiger partial charge in [-0.25, -0.2) is 9.37 Å². The van der Waals surface area contributed by atoms with Crippen LogP contribution in [0.25, 0.3) is 11.0 Å². The number of benzene rings is 2. The van der Waals surface area contributed by atoms with Crippen LogP contribution in [0.15, 0.2) is 48.5 Å². The van der Waals surface area contributed by atoms with E-state index in [0.717, 1.165) is 29.0 Å². The molecule has 0 saturated carbocycles. The average Bonchev–Trinajstić information content (AvgIpc) is 2.88. The van der Waals surface area contributed by atoms with Crippen LogP contribution in [0.4, 0.5) is 4.39 Å². The van der Waals surface area contributed by atoms with Gasteiger partial charge in [0, 0.05) is 6.54 Å². The number of halogens is 1. The second-order valence-electron chi connectivity index (χ2n) is 5.14. The number of aromatic nitrogens is 2. The molecule has 3 nitrogen and oxygen atoms in total. The highest BCUT2D eigenvalue weighted by atomic mass is 19.1. The normalized spacial score (nSPS) is 12.7. The summed E-state index contributed by atoms with van der Waals surface area (Å²) in [6.45, 7) is 2.91. The van der Waals surface area contributed by atoms with Gasteiger partial charge in [-0.2, -0.15) is 0 Å². The molecule has 0 spiro atoms. The van der Waals surface area contributed by atoms with Crippen molar-refractivity contribution >= 4 is 11.0 Å². The standard InChI is InChI=1S/C17H18FN3/c1-2-21-16-6-4-3-5-15(16)20-17(21)14(19)11-12-7-9-13(18)10-8-12/h3-10,14H,2,11,19H2,1H3. The van der Waals surface area contributed by atoms with Crippen molar-refractivity contribution in [2.75, 3.05) is 0 Å². The van der Waals surface area contributed by atoms with E-state index in [2.05, 4.69) is 22.5 Å². The summed E-state index contributed by atoms with van der Waals surface area (Å²) < 4.78 is 15.1. The maximum Gasteiger partial charge on any atom is 0.127 e. The molecule has 1 atom stereocenters. The Hall–Kier alpha value is -2.20. The third-order valence-electron chi connectivity index (χ3n) is 3.70. The van der Waals surface area contributed by atoms with Crippen molar-refractivity contribution in [3.63, 3.8) is 0 Å². The van der Waals surface area contributed by atoms with Crippen LogP contribution in [0.2, 0.25) is 0 Å². The van der Waals surface area contributed by atoms with Crippen molar-refractivity contribution in [2.45, 2.75) is 25.9 Å². The molecule has 1 unspecified atom stereocenters. The fourth-order valence-electron chi connectivity index (χ4n) is 2.68. The summed E-state index contributed by atoms with van der Waals surface area (Å²) in [6, 6.07) is 14.3. The Morgan fingerprint density at radius 3 is 2.57 bits per heavy atom. The second-order valence-corrected chi connectivity index (χ2v) is 5.14. The van der Waals surface area contributed by atoms with Crippen molar-refractivity contribution in [2.24, 2.45) is 5.73 Å². The van der Waals surface area contributed by atoms with Gasteiger partial charge in [0.1, 0.15) is 11.6 Å². The number of nitrogens with two attached hydrogens (primary N) is 1. The van der Waals surface area contributed by atoms with E-state index in [1.165, 1.54) is 12.1 Å². The highest BCUT2D eigenvalue weighted by molar-refractivity contribution is 5.76. The monoisotopic (exact) mass is 283 g/mol. The largest absolute Gasteiger partial charge is 0.327 e. The first-order valence-corrected chi connectivity index (χ1v) is 7.14. The van der Waals surface area contributed by atoms with Gasteiger partial charge in [-0.05, 0) is 43.2 Å². The SMILES string of the molecule is CCn1c(C(N)Cc2ccc(F)cc2)nc2ccccc21. The lowest BCUT2D eigenvalue weighted by Gasteiger charge is -2.13. The molecule has 0 bridgehead atoms. The highest BCUT2D eigenvalue weighted by Crippen LogP contribution is 2.22. The van der Waals surface area contributed by atoms with Crippen LogP contribution < -0.4 is 5.73 Å². The minimum absolute atomic E-state index is 0.206. The number of hydrogen-bond donors (Lipinski definition) is 1. The van der Waals surface area contributed by atoms with E-state index >= 15 is 0 Å². The minimum atomic E-state index is -0.229. The molecule has 2 N–H and O–H groups in total. The molecule has 0 fully saturated rings. The molecule has 0 amide bonds. The smallest absolute Gasteiger partial charge is 0.127 e. The quantitative estimate of drug-likeness (QED) is 0.797. The molecule has 3 aromatic rings. The Morgan fingerprint density at radius 1 is 1.14 bits per heavy atom. The number of para-hydroxylation sites is 2. The molecule has 1 heterocycles. The van der Waals surface area contributed by atoms with Crippen molar-refractivity contribution in [1.29, 1.82) is 0 Å². The summed E-state index contributed by atoms with van der Waals surface area (Å²) in [5, 5.41) is 0. The first-order chi connectivity index (χ1) is 10.2. The Labute approximate surface area is 123 Å². The van der Waals surface area contributed by atoms with Gasteiger partial charge >= 0.3 is 0 Å². The summed E-state index contributed by atoms with van der Waals surface area (Å²) in [7, 11) is 0. The number of aryl methyl sites for hydroxylation is 1. The molecule has 108 valence electrons. The van der Waals surface area contributed by atoms with Gasteiger partial charge in [-0.3, -0.25) is 0 Å². The predicted octanol–water partition coefficient (Wildman–Crippen LogP) is 3.44. The molecule has 0 aliphatic heterocycles. The summed E-state index contributed by atoms with van der Waals surface area (Å²) in [5.41, 5.74) is 9.40. The van der Waals surface area contributed by atoms with Gasteiger partial charge in [0.05, 0.1) is 17.1 Å². The van der Waals surface area contributed by atoms with Crippen molar-refractivity contribution in [3.8, 4) is 0 Å². The van der Waals surface area contributed by atoms with Crippen LogP contribution in [-0.2, 0) is 13.0 Å². The van der Waals surface area contributed by atoms with Crippen LogP contribution in [0.5, 0.6) is 0 Å². The molecule has 0 saturated heterocycles. The average molecular weight is 283 g/mol. The Morgan fingerprint density at radius 2 is 1.86 bits per heavy atom. The molecular weight excluding hydrogens is 265 g/mol. The van der Waals surface area contributed by atoms with Crippen molar-refractivity contribution in [3.05, 3.63) is 65.7 Å². The zero-order valence-electron chi connectivity index (χ0n) is 12.0. The number of fused-ring (bicyclic) bond motifs is 1. The van der Waals surface area contributed by atoms with Gasteiger partial charge in [0.2, 0.25) is 0 Å². The fraction of sp³-hybridized carbons (Fsp3) is 0.235. The van der Waals surface area contributed by atoms with Gasteiger partial charge in [0.25, 0.3) is 0 Å². The third-order valence-corrected chi connectivity index (χ3v) is 3.70. The van der Waals surface area contributed by atoms with E-state index in [9.17, 15) is 4.39 Å². The summed E-state index contributed by atoms with van der Waals surface area (Å²) in [6.07, 6.45) is 0.642. The molecular formula is C17H18FN3. The Bertz CT molecular complexity index is 746. The predicted molar refractivity (Wildman–Crippen MR) is 82.4 cm³/mol. The third kappa shape index (κ3) is 2.67. The molecule has 2 aromatic carbocycles. The highest BCUT2D eigenvalue weighted by Gasteiger charge is 2.16. The molecule has 0 aliphatic rings. The second kappa shape index (κ2) is 5.66. The Kier molecular flexibility index (Phi) is 3.71. The lowest BCUT2D eigenvalue weighted by molar-refractivity contribution is 0.605. The van der Waals surface area contributed by atoms with Crippen LogP contribution in [0, 0.1) is 5.82 Å².